The molecule has 1 aliphatic heterocycles. The van der Waals surface area contributed by atoms with Crippen LogP contribution in [0.25, 0.3) is 0 Å². The Kier molecular flexibility index (Phi) is 6.82. The molecule has 0 spiro atoms. The molecule has 0 aliphatic carbocycles. The second-order valence-electron chi connectivity index (χ2n) is 8.74. The first-order chi connectivity index (χ1) is 17.6. The van der Waals surface area contributed by atoms with Gasteiger partial charge in [-0.1, -0.05) is 48.5 Å². The molecular formula is C29H27N3O3S. The molecule has 0 radical (unpaired) electrons. The van der Waals surface area contributed by atoms with Gasteiger partial charge in [0.15, 0.2) is 5.13 Å². The van der Waals surface area contributed by atoms with Gasteiger partial charge in [0.05, 0.1) is 30.5 Å². The van der Waals surface area contributed by atoms with Gasteiger partial charge in [-0.05, 0) is 55.3 Å². The number of rotatable bonds is 6. The smallest absolute Gasteiger partial charge is 0.238 e. The van der Waals surface area contributed by atoms with Gasteiger partial charge in [0, 0.05) is 17.5 Å². The number of amides is 2. The minimum atomic E-state index is -0.461. The SMILES string of the molecule is COc1ccc(N2C(=O)CC[C@@H](C(=O)N(c3ccccc3)c3nc(C)cs3)[C@@H]2c2ccccc2)cc1. The number of hydrogen-bond acceptors (Lipinski definition) is 5. The Morgan fingerprint density at radius 2 is 1.67 bits per heavy atom. The minimum Gasteiger partial charge on any atom is -0.497 e. The average molecular weight is 498 g/mol. The van der Waals surface area contributed by atoms with Gasteiger partial charge in [0.2, 0.25) is 11.8 Å². The number of aromatic nitrogens is 1. The molecule has 5 rings (SSSR count). The summed E-state index contributed by atoms with van der Waals surface area (Å²) in [6.07, 6.45) is 0.739. The van der Waals surface area contributed by atoms with Gasteiger partial charge >= 0.3 is 0 Å². The fourth-order valence-corrected chi connectivity index (χ4v) is 5.58. The molecular weight excluding hydrogens is 470 g/mol. The number of para-hydroxylation sites is 1. The number of carbonyl (C=O) groups excluding carboxylic acids is 2. The summed E-state index contributed by atoms with van der Waals surface area (Å²) >= 11 is 1.44. The molecule has 2 amide bonds. The highest BCUT2D eigenvalue weighted by atomic mass is 32.1. The molecule has 2 atom stereocenters. The summed E-state index contributed by atoms with van der Waals surface area (Å²) in [5.41, 5.74) is 3.28. The Bertz CT molecular complexity index is 1340. The van der Waals surface area contributed by atoms with E-state index in [1.54, 1.807) is 16.9 Å². The van der Waals surface area contributed by atoms with Crippen molar-refractivity contribution in [1.82, 2.24) is 4.98 Å². The van der Waals surface area contributed by atoms with Crippen LogP contribution < -0.4 is 14.5 Å². The number of hydrogen-bond donors (Lipinski definition) is 0. The first-order valence-corrected chi connectivity index (χ1v) is 12.8. The first-order valence-electron chi connectivity index (χ1n) is 11.9. The van der Waals surface area contributed by atoms with Crippen LogP contribution in [0.2, 0.25) is 0 Å². The largest absolute Gasteiger partial charge is 0.497 e. The molecule has 1 fully saturated rings. The van der Waals surface area contributed by atoms with Crippen LogP contribution in [0.1, 0.15) is 30.1 Å². The molecule has 6 nitrogen and oxygen atoms in total. The number of benzene rings is 3. The molecule has 182 valence electrons. The quantitative estimate of drug-likeness (QED) is 0.313. The maximum Gasteiger partial charge on any atom is 0.238 e. The number of thiazole rings is 1. The lowest BCUT2D eigenvalue weighted by atomic mass is 9.82. The molecule has 3 aromatic carbocycles. The molecule has 1 saturated heterocycles. The lowest BCUT2D eigenvalue weighted by Gasteiger charge is -2.42. The highest BCUT2D eigenvalue weighted by Crippen LogP contribution is 2.43. The zero-order valence-electron chi connectivity index (χ0n) is 20.2. The fraction of sp³-hybridized carbons (Fsp3) is 0.207. The third-order valence-electron chi connectivity index (χ3n) is 6.44. The maximum atomic E-state index is 14.4. The van der Waals surface area contributed by atoms with Crippen molar-refractivity contribution in [2.75, 3.05) is 16.9 Å². The van der Waals surface area contributed by atoms with Crippen LogP contribution in [0.4, 0.5) is 16.5 Å². The lowest BCUT2D eigenvalue weighted by molar-refractivity contribution is -0.127. The molecule has 1 aliphatic rings. The molecule has 0 bridgehead atoms. The van der Waals surface area contributed by atoms with E-state index in [2.05, 4.69) is 4.98 Å². The first kappa shape index (κ1) is 23.8. The van der Waals surface area contributed by atoms with E-state index in [0.717, 1.165) is 22.6 Å². The van der Waals surface area contributed by atoms with Crippen LogP contribution in [-0.2, 0) is 9.59 Å². The zero-order valence-corrected chi connectivity index (χ0v) is 21.0. The van der Waals surface area contributed by atoms with Crippen molar-refractivity contribution in [2.24, 2.45) is 5.92 Å². The molecule has 4 aromatic rings. The standard InChI is InChI=1S/C29H27N3O3S/c1-20-19-36-29(30-20)32(22-11-7-4-8-12-22)28(34)25-17-18-26(33)31(23-13-15-24(35-2)16-14-23)27(25)21-9-5-3-6-10-21/h3-16,19,25,27H,17-18H2,1-2H3/t25-,27+/m1/s1. The van der Waals surface area contributed by atoms with Crippen LogP contribution in [0, 0.1) is 12.8 Å². The summed E-state index contributed by atoms with van der Waals surface area (Å²) in [6.45, 7) is 1.92. The number of aryl methyl sites for hydroxylation is 1. The average Bonchev–Trinajstić information content (AvgIpc) is 3.35. The summed E-state index contributed by atoms with van der Waals surface area (Å²) in [4.78, 5) is 35.9. The predicted molar refractivity (Wildman–Crippen MR) is 143 cm³/mol. The van der Waals surface area contributed by atoms with Gasteiger partial charge in [-0.25, -0.2) is 4.98 Å². The molecule has 0 saturated carbocycles. The van der Waals surface area contributed by atoms with E-state index >= 15 is 0 Å². The monoisotopic (exact) mass is 497 g/mol. The predicted octanol–water partition coefficient (Wildman–Crippen LogP) is 6.31. The van der Waals surface area contributed by atoms with Gasteiger partial charge in [-0.15, -0.1) is 11.3 Å². The van der Waals surface area contributed by atoms with Crippen molar-refractivity contribution in [1.29, 1.82) is 0 Å². The van der Waals surface area contributed by atoms with Gasteiger partial charge in [0.1, 0.15) is 5.75 Å². The number of anilines is 3. The van der Waals surface area contributed by atoms with Crippen LogP contribution in [0.3, 0.4) is 0 Å². The molecule has 7 heteroatoms. The Hall–Kier alpha value is -3.97. The van der Waals surface area contributed by atoms with Crippen LogP contribution in [0.15, 0.2) is 90.3 Å². The number of nitrogens with zero attached hydrogens (tertiary/aromatic N) is 3. The Morgan fingerprint density at radius 3 is 2.28 bits per heavy atom. The van der Waals surface area contributed by atoms with Gasteiger partial charge in [0.25, 0.3) is 0 Å². The summed E-state index contributed by atoms with van der Waals surface area (Å²) in [5.74, 6) is 0.169. The van der Waals surface area contributed by atoms with Crippen molar-refractivity contribution < 1.29 is 14.3 Å². The molecule has 0 unspecified atom stereocenters. The van der Waals surface area contributed by atoms with Gasteiger partial charge < -0.3 is 9.64 Å². The fourth-order valence-electron chi connectivity index (χ4n) is 4.75. The molecule has 2 heterocycles. The number of methoxy groups -OCH3 is 1. The molecule has 36 heavy (non-hydrogen) atoms. The van der Waals surface area contributed by atoms with Crippen molar-refractivity contribution in [3.8, 4) is 5.75 Å². The van der Waals surface area contributed by atoms with Gasteiger partial charge in [-0.2, -0.15) is 0 Å². The van der Waals surface area contributed by atoms with Crippen LogP contribution in [0.5, 0.6) is 5.75 Å². The lowest BCUT2D eigenvalue weighted by Crippen LogP contribution is -2.48. The third kappa shape index (κ3) is 4.62. The number of piperidine rings is 1. The minimum absolute atomic E-state index is 0.00516. The number of carbonyl (C=O) groups is 2. The van der Waals surface area contributed by atoms with Crippen LogP contribution >= 0.6 is 11.3 Å². The van der Waals surface area contributed by atoms with E-state index < -0.39 is 12.0 Å². The summed E-state index contributed by atoms with van der Waals surface area (Å²) < 4.78 is 5.32. The van der Waals surface area contributed by atoms with Crippen LogP contribution in [-0.4, -0.2) is 23.9 Å². The van der Waals surface area contributed by atoms with E-state index in [4.69, 9.17) is 4.74 Å². The Labute approximate surface area is 214 Å². The van der Waals surface area contributed by atoms with Crippen molar-refractivity contribution in [2.45, 2.75) is 25.8 Å². The third-order valence-corrected chi connectivity index (χ3v) is 7.38. The van der Waals surface area contributed by atoms with E-state index in [9.17, 15) is 9.59 Å². The zero-order chi connectivity index (χ0) is 25.1. The van der Waals surface area contributed by atoms with E-state index in [-0.39, 0.29) is 18.2 Å². The highest BCUT2D eigenvalue weighted by molar-refractivity contribution is 7.14. The van der Waals surface area contributed by atoms with Gasteiger partial charge in [-0.3, -0.25) is 14.5 Å². The second kappa shape index (κ2) is 10.3. The summed E-state index contributed by atoms with van der Waals surface area (Å²) in [5, 5.41) is 2.57. The Balaban J connectivity index is 1.61. The molecule has 0 N–H and O–H groups in total. The topological polar surface area (TPSA) is 62.7 Å². The van der Waals surface area contributed by atoms with Crippen molar-refractivity contribution in [3.63, 3.8) is 0 Å². The van der Waals surface area contributed by atoms with E-state index in [1.165, 1.54) is 11.3 Å². The number of ether oxygens (including phenoxy) is 1. The van der Waals surface area contributed by atoms with Crippen molar-refractivity contribution in [3.05, 3.63) is 102 Å². The second-order valence-corrected chi connectivity index (χ2v) is 9.58. The molecule has 1 aromatic heterocycles. The Morgan fingerprint density at radius 1 is 1.00 bits per heavy atom. The maximum absolute atomic E-state index is 14.4. The van der Waals surface area contributed by atoms with E-state index in [0.29, 0.717) is 17.3 Å². The summed E-state index contributed by atoms with van der Waals surface area (Å²) in [6, 6.07) is 26.4. The van der Waals surface area contributed by atoms with Crippen molar-refractivity contribution >= 4 is 39.7 Å². The normalized spacial score (nSPS) is 17.6. The van der Waals surface area contributed by atoms with E-state index in [1.807, 2.05) is 97.2 Å². The highest BCUT2D eigenvalue weighted by Gasteiger charge is 2.43. The summed E-state index contributed by atoms with van der Waals surface area (Å²) in [7, 11) is 1.61.